The number of benzene rings is 1. The Hall–Kier alpha value is 3.25. The predicted octanol–water partition coefficient (Wildman–Crippen LogP) is 11.3. The molecule has 0 spiro atoms. The van der Waals surface area contributed by atoms with Gasteiger partial charge in [0.05, 0.1) is 0 Å². The van der Waals surface area contributed by atoms with Gasteiger partial charge in [0, 0.05) is 0 Å². The third-order valence-electron chi connectivity index (χ3n) is 6.34. The molecule has 11 heteroatoms. The summed E-state index contributed by atoms with van der Waals surface area (Å²) in [6.45, 7) is 38.6. The van der Waals surface area contributed by atoms with Crippen LogP contribution in [0.15, 0.2) is 12.1 Å². The normalized spacial score (nSPS) is 14.2. The average Bonchev–Trinajstić information content (AvgIpc) is 2.46. The monoisotopic (exact) mass is 946 g/mol. The molecule has 1 rings (SSSR count). The quantitative estimate of drug-likeness (QED) is 0.189. The number of halogens is 5. The van der Waals surface area contributed by atoms with Crippen molar-refractivity contribution in [3.8, 4) is 0 Å². The molecular weight excluding hydrogens is 901 g/mol. The van der Waals surface area contributed by atoms with E-state index < -0.39 is 47.6 Å². The molecule has 0 amide bonds. The van der Waals surface area contributed by atoms with Crippen molar-refractivity contribution in [3.05, 3.63) is 28.8 Å². The van der Waals surface area contributed by atoms with Crippen LogP contribution < -0.4 is 4.40 Å². The molecule has 0 saturated carbocycles. The van der Waals surface area contributed by atoms with E-state index in [9.17, 15) is 0 Å². The molecule has 0 aliphatic rings. The van der Waals surface area contributed by atoms with Crippen molar-refractivity contribution in [2.24, 2.45) is 0 Å². The Balaban J connectivity index is 0.00000267. The fourth-order valence-electron chi connectivity index (χ4n) is 6.26. The second kappa shape index (κ2) is 13.9. The maximum absolute atomic E-state index is 4.21. The van der Waals surface area contributed by atoms with Gasteiger partial charge in [0.15, 0.2) is 0 Å². The van der Waals surface area contributed by atoms with Crippen LogP contribution in [0.3, 0.4) is 0 Å². The molecule has 0 unspecified atom stereocenters. The van der Waals surface area contributed by atoms with Crippen LogP contribution in [0.5, 0.6) is 0 Å². The topological polar surface area (TPSA) is 0 Å². The Morgan fingerprint density at radius 3 is 1.00 bits per heavy atom. The molecule has 0 aliphatic heterocycles. The molecular formula is C24H49Br5GeSi5. The fourth-order valence-corrected chi connectivity index (χ4v) is 39.5. The predicted molar refractivity (Wildman–Crippen MR) is 200 cm³/mol. The molecule has 0 nitrogen and oxygen atoms in total. The Morgan fingerprint density at radius 2 is 0.857 bits per heavy atom. The van der Waals surface area contributed by atoms with Crippen LogP contribution in [0.25, 0.3) is 0 Å². The van der Waals surface area contributed by atoms with Crippen LogP contribution in [-0.4, -0.2) is 47.6 Å². The van der Waals surface area contributed by atoms with Gasteiger partial charge in [-0.3, -0.25) is 0 Å². The Morgan fingerprint density at radius 1 is 0.629 bits per heavy atom. The van der Waals surface area contributed by atoms with E-state index in [2.05, 4.69) is 185 Å². The Bertz CT molecular complexity index is 745. The van der Waals surface area contributed by atoms with Gasteiger partial charge in [-0.1, -0.05) is 45.9 Å². The molecule has 0 bridgehead atoms. The summed E-state index contributed by atoms with van der Waals surface area (Å²) >= 11 is 18.0. The van der Waals surface area contributed by atoms with Crippen LogP contribution in [0.2, 0.25) is 78.6 Å². The zero-order valence-electron chi connectivity index (χ0n) is 24.7. The van der Waals surface area contributed by atoms with Gasteiger partial charge in [0.2, 0.25) is 0 Å². The SMILES string of the molecule is Br[Si](Br)Br.CC(C)(C)c1cc(C([Si](C)(C)C)[Si](C)(C)C)[c]([Ge]([Br])[Br])c(C([Si](C)(C)C)[Si](C)(C)C)c1. The molecule has 1 aromatic carbocycles. The molecule has 0 aliphatic carbocycles. The van der Waals surface area contributed by atoms with Crippen molar-refractivity contribution in [1.29, 1.82) is 0 Å². The summed E-state index contributed by atoms with van der Waals surface area (Å²) in [5.74, 6) is 0. The molecule has 0 atom stereocenters. The van der Waals surface area contributed by atoms with Crippen molar-refractivity contribution < 1.29 is 0 Å². The second-order valence-electron chi connectivity index (χ2n) is 15.1. The second-order valence-corrected chi connectivity index (χ2v) is 70.5. The summed E-state index contributed by atoms with van der Waals surface area (Å²) in [5, 5.41) is 1.55. The molecule has 2 radical (unpaired) electrons. The zero-order valence-corrected chi connectivity index (χ0v) is 39.7. The molecule has 0 N–H and O–H groups in total. The Kier molecular flexibility index (Phi) is 15.2. The summed E-state index contributed by atoms with van der Waals surface area (Å²) in [6, 6.07) is 5.34. The van der Waals surface area contributed by atoms with Gasteiger partial charge < -0.3 is 0 Å². The molecule has 0 heterocycles. The molecule has 0 aromatic heterocycles. The van der Waals surface area contributed by atoms with E-state index >= 15 is 0 Å². The minimum atomic E-state index is -1.68. The van der Waals surface area contributed by atoms with Crippen molar-refractivity contribution >= 4 is 126 Å². The summed E-state index contributed by atoms with van der Waals surface area (Å²) in [4.78, 5) is 0. The summed E-state index contributed by atoms with van der Waals surface area (Å²) in [6.07, 6.45) is 0. The molecule has 35 heavy (non-hydrogen) atoms. The first-order chi connectivity index (χ1) is 15.1. The number of rotatable bonds is 7. The zero-order chi connectivity index (χ0) is 28.5. The average molecular weight is 950 g/mol. The van der Waals surface area contributed by atoms with Crippen molar-refractivity contribution in [3.63, 3.8) is 0 Å². The Labute approximate surface area is 266 Å². The van der Waals surface area contributed by atoms with E-state index in [0.717, 1.165) is 10.3 Å². The van der Waals surface area contributed by atoms with Gasteiger partial charge in [0.1, 0.15) is 0 Å². The molecule has 204 valence electrons. The summed E-state index contributed by atoms with van der Waals surface area (Å²) < 4.78 is 1.31. The van der Waals surface area contributed by atoms with Crippen LogP contribution >= 0.6 is 73.9 Å². The van der Waals surface area contributed by atoms with Crippen molar-refractivity contribution in [2.75, 3.05) is 0 Å². The van der Waals surface area contributed by atoms with E-state index in [1.807, 2.05) is 0 Å². The van der Waals surface area contributed by atoms with Gasteiger partial charge in [-0.2, -0.15) is 0 Å². The molecule has 1 aromatic rings. The third-order valence-corrected chi connectivity index (χ3v) is 31.0. The van der Waals surface area contributed by atoms with Gasteiger partial charge in [-0.25, -0.2) is 0 Å². The first-order valence-electron chi connectivity index (χ1n) is 12.3. The van der Waals surface area contributed by atoms with E-state index in [-0.39, 0.29) is 5.41 Å². The van der Waals surface area contributed by atoms with Gasteiger partial charge in [0.25, 0.3) is 4.65 Å². The van der Waals surface area contributed by atoms with E-state index in [4.69, 9.17) is 0 Å². The van der Waals surface area contributed by atoms with E-state index in [1.165, 1.54) is 0 Å². The van der Waals surface area contributed by atoms with Crippen LogP contribution in [-0.2, 0) is 5.41 Å². The molecule has 0 fully saturated rings. The molecule has 0 saturated heterocycles. The summed E-state index contributed by atoms with van der Waals surface area (Å²) in [5.41, 5.74) is 5.22. The first kappa shape index (κ1) is 38.2. The van der Waals surface area contributed by atoms with Crippen LogP contribution in [0.1, 0.15) is 47.8 Å². The van der Waals surface area contributed by atoms with Crippen molar-refractivity contribution in [1.82, 2.24) is 0 Å². The van der Waals surface area contributed by atoms with Crippen LogP contribution in [0, 0.1) is 0 Å². The van der Waals surface area contributed by atoms with Gasteiger partial charge >= 0.3 is 219 Å². The standard InChI is InChI=1S/C24H49Br2GeSi4.Br3Si/c1-24(2,3)18-16-19(22(28(4,5)6)29(7,8)9)21(27(25)26)20(17-18)23(30(10,11)12)31(13,14)15;1-4(2)3/h16-17,22-23H,1-15H3;. The first-order valence-corrected chi connectivity index (χ1v) is 45.8. The van der Waals surface area contributed by atoms with Gasteiger partial charge in [-0.05, 0) is 0 Å². The number of hydrogen-bond donors (Lipinski definition) is 0. The van der Waals surface area contributed by atoms with Crippen molar-refractivity contribution in [2.45, 2.75) is 115 Å². The van der Waals surface area contributed by atoms with E-state index in [1.54, 1.807) is 21.1 Å². The van der Waals surface area contributed by atoms with Gasteiger partial charge in [-0.15, -0.1) is 0 Å². The summed E-state index contributed by atoms with van der Waals surface area (Å²) in [7, 11) is -7.29. The fraction of sp³-hybridized carbons (Fsp3) is 0.750. The maximum atomic E-state index is 4.21. The minimum absolute atomic E-state index is 0.174. The van der Waals surface area contributed by atoms with E-state index in [0.29, 0.717) is 0 Å². The van der Waals surface area contributed by atoms with Crippen LogP contribution in [0.4, 0.5) is 0 Å². The third kappa shape index (κ3) is 12.3. The number of hydrogen-bond acceptors (Lipinski definition) is 0.